The van der Waals surface area contributed by atoms with Gasteiger partial charge in [0.15, 0.2) is 5.89 Å². The molecule has 0 aliphatic carbocycles. The van der Waals surface area contributed by atoms with Gasteiger partial charge in [-0.15, -0.1) is 0 Å². The molecule has 0 aromatic carbocycles. The van der Waals surface area contributed by atoms with E-state index in [4.69, 9.17) is 9.15 Å². The van der Waals surface area contributed by atoms with E-state index < -0.39 is 0 Å². The lowest BCUT2D eigenvalue weighted by Crippen LogP contribution is -2.15. The highest BCUT2D eigenvalue weighted by atomic mass is 16.5. The first-order valence-corrected chi connectivity index (χ1v) is 4.86. The molecule has 1 fully saturated rings. The fourth-order valence-corrected chi connectivity index (χ4v) is 1.62. The van der Waals surface area contributed by atoms with Gasteiger partial charge in [0.1, 0.15) is 12.5 Å². The van der Waals surface area contributed by atoms with Crippen LogP contribution in [0.1, 0.15) is 30.3 Å². The highest BCUT2D eigenvalue weighted by Crippen LogP contribution is 2.24. The van der Waals surface area contributed by atoms with Gasteiger partial charge in [-0.05, 0) is 12.8 Å². The third kappa shape index (κ3) is 2.01. The molecule has 0 N–H and O–H groups in total. The zero-order valence-corrected chi connectivity index (χ0v) is 7.94. The molecule has 76 valence electrons. The van der Waals surface area contributed by atoms with Crippen LogP contribution < -0.4 is 0 Å². The lowest BCUT2D eigenvalue weighted by molar-refractivity contribution is -0.107. The van der Waals surface area contributed by atoms with Crippen LogP contribution in [0.5, 0.6) is 0 Å². The second kappa shape index (κ2) is 4.37. The number of hydrogen-bond acceptors (Lipinski definition) is 4. The molecule has 0 saturated carbocycles. The Morgan fingerprint density at radius 2 is 2.57 bits per heavy atom. The summed E-state index contributed by atoms with van der Waals surface area (Å²) in [5, 5.41) is 0. The fourth-order valence-electron chi connectivity index (χ4n) is 1.62. The number of nitrogens with zero attached hydrogens (tertiary/aromatic N) is 1. The lowest BCUT2D eigenvalue weighted by atomic mass is 10.0. The van der Waals surface area contributed by atoms with E-state index >= 15 is 0 Å². The predicted molar refractivity (Wildman–Crippen MR) is 49.1 cm³/mol. The van der Waals surface area contributed by atoms with Crippen molar-refractivity contribution in [2.75, 3.05) is 13.2 Å². The smallest absolute Gasteiger partial charge is 0.199 e. The van der Waals surface area contributed by atoms with Crippen LogP contribution in [0.25, 0.3) is 0 Å². The summed E-state index contributed by atoms with van der Waals surface area (Å²) in [5.74, 6) is 0.978. The minimum atomic E-state index is 0.268. The molecule has 2 rings (SSSR count). The molecule has 1 aromatic heterocycles. The van der Waals surface area contributed by atoms with E-state index in [0.717, 1.165) is 25.7 Å². The number of aromatic nitrogens is 1. The fraction of sp³-hybridized carbons (Fsp3) is 0.600. The van der Waals surface area contributed by atoms with E-state index in [1.165, 1.54) is 0 Å². The van der Waals surface area contributed by atoms with Crippen LogP contribution in [0, 0.1) is 0 Å². The normalized spacial score (nSPS) is 22.1. The van der Waals surface area contributed by atoms with Gasteiger partial charge in [0.05, 0.1) is 18.2 Å². The van der Waals surface area contributed by atoms with Crippen molar-refractivity contribution in [2.45, 2.75) is 25.2 Å². The van der Waals surface area contributed by atoms with Crippen molar-refractivity contribution in [1.82, 2.24) is 4.98 Å². The maximum Gasteiger partial charge on any atom is 0.199 e. The van der Waals surface area contributed by atoms with Crippen LogP contribution in [0.4, 0.5) is 0 Å². The Labute approximate surface area is 82.3 Å². The van der Waals surface area contributed by atoms with Crippen LogP contribution in [-0.2, 0) is 16.0 Å². The topological polar surface area (TPSA) is 52.3 Å². The number of ether oxygens (including phenoxy) is 1. The van der Waals surface area contributed by atoms with Crippen LogP contribution in [0.3, 0.4) is 0 Å². The predicted octanol–water partition coefficient (Wildman–Crippen LogP) is 1.31. The van der Waals surface area contributed by atoms with Crippen molar-refractivity contribution >= 4 is 6.29 Å². The molecule has 0 spiro atoms. The van der Waals surface area contributed by atoms with Crippen molar-refractivity contribution < 1.29 is 13.9 Å². The van der Waals surface area contributed by atoms with Gasteiger partial charge in [-0.1, -0.05) is 0 Å². The number of rotatable bonds is 3. The van der Waals surface area contributed by atoms with E-state index in [9.17, 15) is 4.79 Å². The highest BCUT2D eigenvalue weighted by Gasteiger charge is 2.20. The molecule has 0 radical (unpaired) electrons. The molecule has 2 heterocycles. The van der Waals surface area contributed by atoms with Crippen molar-refractivity contribution in [2.24, 2.45) is 0 Å². The monoisotopic (exact) mass is 195 g/mol. The van der Waals surface area contributed by atoms with Crippen molar-refractivity contribution in [3.05, 3.63) is 17.8 Å². The first-order valence-electron chi connectivity index (χ1n) is 4.86. The molecule has 0 amide bonds. The van der Waals surface area contributed by atoms with Crippen molar-refractivity contribution in [1.29, 1.82) is 0 Å². The summed E-state index contributed by atoms with van der Waals surface area (Å²) in [4.78, 5) is 14.5. The first kappa shape index (κ1) is 9.40. The maximum atomic E-state index is 10.3. The summed E-state index contributed by atoms with van der Waals surface area (Å²) in [6.45, 7) is 1.51. The second-order valence-electron chi connectivity index (χ2n) is 3.46. The van der Waals surface area contributed by atoms with Crippen LogP contribution in [0.2, 0.25) is 0 Å². The molecule has 1 unspecified atom stereocenters. The van der Waals surface area contributed by atoms with Gasteiger partial charge in [0.2, 0.25) is 0 Å². The van der Waals surface area contributed by atoms with Gasteiger partial charge in [0, 0.05) is 13.0 Å². The molecule has 0 bridgehead atoms. The number of hydrogen-bond donors (Lipinski definition) is 0. The maximum absolute atomic E-state index is 10.3. The third-order valence-corrected chi connectivity index (χ3v) is 2.37. The number of aldehydes is 1. The van der Waals surface area contributed by atoms with E-state index in [0.29, 0.717) is 24.6 Å². The Bertz CT molecular complexity index is 302. The van der Waals surface area contributed by atoms with Crippen LogP contribution in [-0.4, -0.2) is 24.5 Å². The van der Waals surface area contributed by atoms with Gasteiger partial charge in [0.25, 0.3) is 0 Å². The average molecular weight is 195 g/mol. The molecule has 1 aliphatic rings. The third-order valence-electron chi connectivity index (χ3n) is 2.37. The minimum absolute atomic E-state index is 0.268. The van der Waals surface area contributed by atoms with Gasteiger partial charge in [-0.2, -0.15) is 0 Å². The quantitative estimate of drug-likeness (QED) is 0.682. The second-order valence-corrected chi connectivity index (χ2v) is 3.46. The summed E-state index contributed by atoms with van der Waals surface area (Å²) in [6, 6.07) is 0. The molecular weight excluding hydrogens is 182 g/mol. The van der Waals surface area contributed by atoms with Gasteiger partial charge < -0.3 is 13.9 Å². The average Bonchev–Trinajstić information content (AvgIpc) is 2.68. The number of carbonyl (C=O) groups excluding carboxylic acids is 1. The molecule has 1 atom stereocenters. The zero-order chi connectivity index (χ0) is 9.80. The van der Waals surface area contributed by atoms with Gasteiger partial charge in [-0.3, -0.25) is 0 Å². The molecular formula is C10H13NO3. The van der Waals surface area contributed by atoms with E-state index in [1.54, 1.807) is 6.26 Å². The summed E-state index contributed by atoms with van der Waals surface area (Å²) < 4.78 is 10.6. The Kier molecular flexibility index (Phi) is 2.93. The van der Waals surface area contributed by atoms with E-state index in [1.807, 2.05) is 0 Å². The van der Waals surface area contributed by atoms with Crippen LogP contribution in [0.15, 0.2) is 10.7 Å². The highest BCUT2D eigenvalue weighted by molar-refractivity contribution is 5.53. The standard InChI is InChI=1S/C10H13NO3/c12-4-3-9-7-14-10(11-9)8-2-1-5-13-6-8/h4,7-8H,1-3,5-6H2. The number of oxazole rings is 1. The Balaban J connectivity index is 2.03. The SMILES string of the molecule is O=CCc1coc(C2CCCOC2)n1. The van der Waals surface area contributed by atoms with Gasteiger partial charge in [-0.25, -0.2) is 4.98 Å². The molecule has 1 saturated heterocycles. The van der Waals surface area contributed by atoms with E-state index in [2.05, 4.69) is 4.98 Å². The molecule has 1 aromatic rings. The molecule has 4 heteroatoms. The molecule has 1 aliphatic heterocycles. The summed E-state index contributed by atoms with van der Waals surface area (Å²) >= 11 is 0. The number of carbonyl (C=O) groups is 1. The summed E-state index contributed by atoms with van der Waals surface area (Å²) in [6.07, 6.45) is 4.82. The Morgan fingerprint density at radius 3 is 3.29 bits per heavy atom. The zero-order valence-electron chi connectivity index (χ0n) is 7.94. The molecule has 4 nitrogen and oxygen atoms in total. The summed E-state index contributed by atoms with van der Waals surface area (Å²) in [5.41, 5.74) is 0.709. The Hall–Kier alpha value is -1.16. The molecule has 14 heavy (non-hydrogen) atoms. The van der Waals surface area contributed by atoms with Crippen LogP contribution >= 0.6 is 0 Å². The lowest BCUT2D eigenvalue weighted by Gasteiger charge is -2.18. The van der Waals surface area contributed by atoms with Crippen molar-refractivity contribution in [3.8, 4) is 0 Å². The minimum Gasteiger partial charge on any atom is -0.448 e. The Morgan fingerprint density at radius 1 is 1.64 bits per heavy atom. The first-order chi connectivity index (χ1) is 6.90. The largest absolute Gasteiger partial charge is 0.448 e. The van der Waals surface area contributed by atoms with E-state index in [-0.39, 0.29) is 5.92 Å². The van der Waals surface area contributed by atoms with Gasteiger partial charge >= 0.3 is 0 Å². The van der Waals surface area contributed by atoms with Crippen molar-refractivity contribution in [3.63, 3.8) is 0 Å². The summed E-state index contributed by atoms with van der Waals surface area (Å²) in [7, 11) is 0.